The van der Waals surface area contributed by atoms with Gasteiger partial charge in [-0.25, -0.2) is 12.7 Å². The quantitative estimate of drug-likeness (QED) is 0.670. The monoisotopic (exact) mass is 394 g/mol. The molecule has 1 aliphatic heterocycles. The number of hydrogen-bond acceptors (Lipinski definition) is 4. The van der Waals surface area contributed by atoms with Gasteiger partial charge in [0.15, 0.2) is 0 Å². The Morgan fingerprint density at radius 3 is 2.48 bits per heavy atom. The smallest absolute Gasteiger partial charge is 0.266 e. The first-order valence-corrected chi connectivity index (χ1v) is 10.9. The summed E-state index contributed by atoms with van der Waals surface area (Å²) in [6.07, 6.45) is 1.99. The van der Waals surface area contributed by atoms with E-state index in [2.05, 4.69) is 5.32 Å². The van der Waals surface area contributed by atoms with Crippen molar-refractivity contribution in [1.82, 2.24) is 14.5 Å². The van der Waals surface area contributed by atoms with Crippen molar-refractivity contribution in [1.29, 1.82) is 5.41 Å². The Morgan fingerprint density at radius 1 is 1.22 bits per heavy atom. The molecule has 0 atom stereocenters. The number of sulfonamides is 1. The summed E-state index contributed by atoms with van der Waals surface area (Å²) in [6, 6.07) is 6.70. The third-order valence-corrected chi connectivity index (χ3v) is 6.22. The zero-order valence-electron chi connectivity index (χ0n) is 16.4. The second-order valence-electron chi connectivity index (χ2n) is 7.23. The van der Waals surface area contributed by atoms with E-state index in [1.54, 1.807) is 29.2 Å². The van der Waals surface area contributed by atoms with Crippen molar-refractivity contribution in [2.75, 3.05) is 26.2 Å². The highest BCUT2D eigenvalue weighted by atomic mass is 32.2. The van der Waals surface area contributed by atoms with E-state index in [1.165, 1.54) is 4.31 Å². The number of guanidine groups is 1. The fourth-order valence-corrected chi connectivity index (χ4v) is 4.45. The van der Waals surface area contributed by atoms with Crippen LogP contribution in [0.2, 0.25) is 0 Å². The molecule has 7 nitrogen and oxygen atoms in total. The topological polar surface area (TPSA) is 93.6 Å². The van der Waals surface area contributed by atoms with E-state index in [9.17, 15) is 13.2 Å². The predicted molar refractivity (Wildman–Crippen MR) is 106 cm³/mol. The molecule has 0 radical (unpaired) electrons. The Morgan fingerprint density at radius 2 is 1.89 bits per heavy atom. The highest BCUT2D eigenvalue weighted by Crippen LogP contribution is 2.21. The molecular formula is C19H30N4O3S. The number of amides is 1. The Kier molecular flexibility index (Phi) is 7.24. The van der Waals surface area contributed by atoms with E-state index in [0.717, 1.165) is 12.0 Å². The van der Waals surface area contributed by atoms with Gasteiger partial charge in [-0.1, -0.05) is 32.9 Å². The van der Waals surface area contributed by atoms with Crippen LogP contribution in [0, 0.1) is 11.3 Å². The maximum absolute atomic E-state index is 12.9. The number of nitrogens with one attached hydrogen (secondary N) is 2. The van der Waals surface area contributed by atoms with Crippen LogP contribution in [-0.2, 0) is 21.2 Å². The summed E-state index contributed by atoms with van der Waals surface area (Å²) in [5, 5.41) is 11.1. The van der Waals surface area contributed by atoms with Gasteiger partial charge in [0, 0.05) is 26.1 Å². The van der Waals surface area contributed by atoms with Crippen molar-refractivity contribution in [3.63, 3.8) is 0 Å². The second kappa shape index (κ2) is 9.21. The summed E-state index contributed by atoms with van der Waals surface area (Å²) in [5.41, 5.74) is 0.962. The minimum absolute atomic E-state index is 0.0372. The molecule has 0 bridgehead atoms. The fourth-order valence-electron chi connectivity index (χ4n) is 3.05. The van der Waals surface area contributed by atoms with Gasteiger partial charge in [-0.2, -0.15) is 0 Å². The van der Waals surface area contributed by atoms with Crippen LogP contribution in [0.15, 0.2) is 29.2 Å². The maximum atomic E-state index is 12.9. The minimum Gasteiger partial charge on any atom is -0.356 e. The summed E-state index contributed by atoms with van der Waals surface area (Å²) >= 11 is 0. The lowest BCUT2D eigenvalue weighted by Crippen LogP contribution is -2.38. The molecule has 1 aliphatic rings. The summed E-state index contributed by atoms with van der Waals surface area (Å²) in [5.74, 6) is 0.451. The molecule has 0 aromatic heterocycles. The summed E-state index contributed by atoms with van der Waals surface area (Å²) in [7, 11) is -3.72. The van der Waals surface area contributed by atoms with Crippen molar-refractivity contribution in [3.8, 4) is 0 Å². The lowest BCUT2D eigenvalue weighted by Gasteiger charge is -2.23. The molecule has 2 N–H and O–H groups in total. The lowest BCUT2D eigenvalue weighted by molar-refractivity contribution is -0.121. The van der Waals surface area contributed by atoms with Crippen LogP contribution < -0.4 is 5.32 Å². The van der Waals surface area contributed by atoms with Gasteiger partial charge in [-0.3, -0.25) is 10.2 Å². The van der Waals surface area contributed by atoms with Gasteiger partial charge in [-0.05, 0) is 36.5 Å². The largest absolute Gasteiger partial charge is 0.356 e. The molecule has 2 rings (SSSR count). The standard InChI is InChI=1S/C19H30N4O3S/c1-4-5-18(24)21-11-10-16-6-8-17(9-7-16)27(25,26)23-13-12-22(19(23)20)14-15(2)3/h6-9,15,20H,4-5,10-14H2,1-3H3,(H,21,24). The number of hydrogen-bond donors (Lipinski definition) is 2. The van der Waals surface area contributed by atoms with Gasteiger partial charge in [0.05, 0.1) is 11.4 Å². The SMILES string of the molecule is CCCC(=O)NCCc1ccc(S(=O)(=O)N2CCN(CC(C)C)C2=N)cc1. The van der Waals surface area contributed by atoms with E-state index in [0.29, 0.717) is 44.9 Å². The molecule has 1 heterocycles. The average Bonchev–Trinajstić information content (AvgIpc) is 2.96. The minimum atomic E-state index is -3.72. The van der Waals surface area contributed by atoms with Gasteiger partial charge in [0.1, 0.15) is 0 Å². The molecular weight excluding hydrogens is 364 g/mol. The molecule has 1 fully saturated rings. The number of rotatable bonds is 9. The number of carbonyl (C=O) groups is 1. The molecule has 0 unspecified atom stereocenters. The van der Waals surface area contributed by atoms with Crippen molar-refractivity contribution in [2.24, 2.45) is 5.92 Å². The molecule has 150 valence electrons. The van der Waals surface area contributed by atoms with E-state index >= 15 is 0 Å². The van der Waals surface area contributed by atoms with Crippen LogP contribution in [0.3, 0.4) is 0 Å². The molecule has 8 heteroatoms. The molecule has 0 spiro atoms. The summed E-state index contributed by atoms with van der Waals surface area (Å²) in [6.45, 7) is 8.12. The molecule has 0 saturated carbocycles. The summed E-state index contributed by atoms with van der Waals surface area (Å²) < 4.78 is 26.9. The van der Waals surface area contributed by atoms with E-state index in [-0.39, 0.29) is 16.8 Å². The predicted octanol–water partition coefficient (Wildman–Crippen LogP) is 2.04. The lowest BCUT2D eigenvalue weighted by atomic mass is 10.1. The highest BCUT2D eigenvalue weighted by Gasteiger charge is 2.35. The Bertz CT molecular complexity index is 760. The highest BCUT2D eigenvalue weighted by molar-refractivity contribution is 7.89. The normalized spacial score (nSPS) is 14.9. The molecule has 1 amide bonds. The number of benzene rings is 1. The summed E-state index contributed by atoms with van der Waals surface area (Å²) in [4.78, 5) is 13.5. The van der Waals surface area contributed by atoms with Gasteiger partial charge in [-0.15, -0.1) is 0 Å². The third-order valence-electron chi connectivity index (χ3n) is 4.42. The van der Waals surface area contributed by atoms with Crippen molar-refractivity contribution in [2.45, 2.75) is 44.9 Å². The second-order valence-corrected chi connectivity index (χ2v) is 9.10. The molecule has 0 aliphatic carbocycles. The van der Waals surface area contributed by atoms with Crippen LogP contribution in [0.25, 0.3) is 0 Å². The van der Waals surface area contributed by atoms with E-state index in [4.69, 9.17) is 5.41 Å². The number of carbonyl (C=O) groups excluding carboxylic acids is 1. The molecule has 1 aromatic rings. The van der Waals surface area contributed by atoms with E-state index < -0.39 is 10.0 Å². The van der Waals surface area contributed by atoms with Crippen molar-refractivity contribution < 1.29 is 13.2 Å². The van der Waals surface area contributed by atoms with Gasteiger partial charge >= 0.3 is 0 Å². The zero-order valence-corrected chi connectivity index (χ0v) is 17.2. The fraction of sp³-hybridized carbons (Fsp3) is 0.579. The van der Waals surface area contributed by atoms with Crippen LogP contribution in [-0.4, -0.2) is 55.7 Å². The average molecular weight is 395 g/mol. The first-order valence-electron chi connectivity index (χ1n) is 9.47. The van der Waals surface area contributed by atoms with Crippen LogP contribution in [0.5, 0.6) is 0 Å². The molecule has 27 heavy (non-hydrogen) atoms. The van der Waals surface area contributed by atoms with Gasteiger partial charge in [0.25, 0.3) is 10.0 Å². The Labute approximate surface area is 162 Å². The van der Waals surface area contributed by atoms with Gasteiger partial charge < -0.3 is 10.2 Å². The van der Waals surface area contributed by atoms with E-state index in [1.807, 2.05) is 20.8 Å². The first kappa shape index (κ1) is 21.2. The van der Waals surface area contributed by atoms with Gasteiger partial charge in [0.2, 0.25) is 11.9 Å². The third kappa shape index (κ3) is 5.45. The maximum Gasteiger partial charge on any atom is 0.266 e. The van der Waals surface area contributed by atoms with Crippen molar-refractivity contribution >= 4 is 21.9 Å². The number of nitrogens with zero attached hydrogens (tertiary/aromatic N) is 2. The Balaban J connectivity index is 1.99. The Hall–Kier alpha value is -2.09. The molecule has 1 aromatic carbocycles. The first-order chi connectivity index (χ1) is 12.8. The van der Waals surface area contributed by atoms with Crippen LogP contribution >= 0.6 is 0 Å². The van der Waals surface area contributed by atoms with Crippen LogP contribution in [0.4, 0.5) is 0 Å². The van der Waals surface area contributed by atoms with Crippen molar-refractivity contribution in [3.05, 3.63) is 29.8 Å². The van der Waals surface area contributed by atoms with Crippen LogP contribution in [0.1, 0.15) is 39.2 Å². The molecule has 1 saturated heterocycles. The zero-order chi connectivity index (χ0) is 20.0.